The fourth-order valence-electron chi connectivity index (χ4n) is 2.51. The van der Waals surface area contributed by atoms with Gasteiger partial charge in [0.15, 0.2) is 0 Å². The van der Waals surface area contributed by atoms with Crippen LogP contribution in [0.25, 0.3) is 10.9 Å². The Kier molecular flexibility index (Phi) is 4.10. The van der Waals surface area contributed by atoms with Crippen LogP contribution in [0.15, 0.2) is 54.6 Å². The fraction of sp³-hybridized carbons (Fsp3) is 0.167. The lowest BCUT2D eigenvalue weighted by molar-refractivity contribution is 0.0950. The number of amides is 1. The van der Waals surface area contributed by atoms with Gasteiger partial charge in [0.2, 0.25) is 0 Å². The Morgan fingerprint density at radius 1 is 1.14 bits per heavy atom. The van der Waals surface area contributed by atoms with Crippen LogP contribution in [0.3, 0.4) is 0 Å². The number of rotatable bonds is 5. The Morgan fingerprint density at radius 3 is 2.73 bits per heavy atom. The SMILES string of the molecule is COc1ccccc1CCNC(=O)c1cc2ccccc2[nH]1. The summed E-state index contributed by atoms with van der Waals surface area (Å²) in [7, 11) is 1.65. The molecular formula is C18H18N2O2. The molecular weight excluding hydrogens is 276 g/mol. The van der Waals surface area contributed by atoms with E-state index >= 15 is 0 Å². The molecule has 0 bridgehead atoms. The molecule has 0 radical (unpaired) electrons. The van der Waals surface area contributed by atoms with E-state index < -0.39 is 0 Å². The highest BCUT2D eigenvalue weighted by atomic mass is 16.5. The second kappa shape index (κ2) is 6.35. The molecule has 0 aliphatic heterocycles. The lowest BCUT2D eigenvalue weighted by Gasteiger charge is -2.08. The molecule has 3 rings (SSSR count). The van der Waals surface area contributed by atoms with Crippen molar-refractivity contribution >= 4 is 16.8 Å². The number of benzene rings is 2. The number of hydrogen-bond acceptors (Lipinski definition) is 2. The van der Waals surface area contributed by atoms with Crippen LogP contribution >= 0.6 is 0 Å². The summed E-state index contributed by atoms with van der Waals surface area (Å²) in [5.41, 5.74) is 2.64. The van der Waals surface area contributed by atoms with Gasteiger partial charge in [-0.1, -0.05) is 36.4 Å². The third-order valence-corrected chi connectivity index (χ3v) is 3.65. The maximum Gasteiger partial charge on any atom is 0.267 e. The molecule has 0 saturated carbocycles. The average molecular weight is 294 g/mol. The molecule has 1 aromatic heterocycles. The van der Waals surface area contributed by atoms with Gasteiger partial charge in [0, 0.05) is 17.4 Å². The van der Waals surface area contributed by atoms with Gasteiger partial charge in [-0.05, 0) is 30.2 Å². The van der Waals surface area contributed by atoms with Crippen LogP contribution < -0.4 is 10.1 Å². The molecule has 0 spiro atoms. The topological polar surface area (TPSA) is 54.1 Å². The number of hydrogen-bond donors (Lipinski definition) is 2. The first kappa shape index (κ1) is 14.2. The third-order valence-electron chi connectivity index (χ3n) is 3.65. The number of carbonyl (C=O) groups excluding carboxylic acids is 1. The number of ether oxygens (including phenoxy) is 1. The molecule has 2 aromatic carbocycles. The summed E-state index contributed by atoms with van der Waals surface area (Å²) >= 11 is 0. The molecule has 0 aliphatic carbocycles. The van der Waals surface area contributed by atoms with Crippen LogP contribution in [-0.2, 0) is 6.42 Å². The highest BCUT2D eigenvalue weighted by molar-refractivity contribution is 5.97. The number of fused-ring (bicyclic) bond motifs is 1. The van der Waals surface area contributed by atoms with Crippen molar-refractivity contribution in [1.29, 1.82) is 0 Å². The molecule has 0 unspecified atom stereocenters. The van der Waals surface area contributed by atoms with Gasteiger partial charge in [-0.15, -0.1) is 0 Å². The van der Waals surface area contributed by atoms with E-state index in [1.165, 1.54) is 0 Å². The van der Waals surface area contributed by atoms with Gasteiger partial charge in [-0.25, -0.2) is 0 Å². The Hall–Kier alpha value is -2.75. The van der Waals surface area contributed by atoms with Gasteiger partial charge >= 0.3 is 0 Å². The first-order valence-electron chi connectivity index (χ1n) is 7.26. The minimum absolute atomic E-state index is 0.0916. The van der Waals surface area contributed by atoms with E-state index in [-0.39, 0.29) is 5.91 Å². The average Bonchev–Trinajstić information content (AvgIpc) is 2.99. The summed E-state index contributed by atoms with van der Waals surface area (Å²) in [6.07, 6.45) is 0.732. The van der Waals surface area contributed by atoms with Crippen molar-refractivity contribution in [2.45, 2.75) is 6.42 Å². The molecule has 22 heavy (non-hydrogen) atoms. The summed E-state index contributed by atoms with van der Waals surface area (Å²) in [4.78, 5) is 15.3. The van der Waals surface area contributed by atoms with Gasteiger partial charge in [-0.2, -0.15) is 0 Å². The minimum atomic E-state index is -0.0916. The van der Waals surface area contributed by atoms with Gasteiger partial charge in [-0.3, -0.25) is 4.79 Å². The number of aromatic nitrogens is 1. The summed E-state index contributed by atoms with van der Waals surface area (Å²) in [6.45, 7) is 0.564. The maximum absolute atomic E-state index is 12.2. The molecule has 3 aromatic rings. The van der Waals surface area contributed by atoms with Crippen molar-refractivity contribution in [2.75, 3.05) is 13.7 Å². The fourth-order valence-corrected chi connectivity index (χ4v) is 2.51. The van der Waals surface area contributed by atoms with Crippen LogP contribution in [0.2, 0.25) is 0 Å². The minimum Gasteiger partial charge on any atom is -0.496 e. The zero-order chi connectivity index (χ0) is 15.4. The largest absolute Gasteiger partial charge is 0.496 e. The van der Waals surface area contributed by atoms with Crippen LogP contribution in [-0.4, -0.2) is 24.5 Å². The summed E-state index contributed by atoms with van der Waals surface area (Å²) < 4.78 is 5.31. The second-order valence-corrected chi connectivity index (χ2v) is 5.09. The van der Waals surface area contributed by atoms with E-state index in [1.807, 2.05) is 54.6 Å². The molecule has 4 heteroatoms. The van der Waals surface area contributed by atoms with E-state index in [1.54, 1.807) is 7.11 Å². The zero-order valence-corrected chi connectivity index (χ0v) is 12.4. The number of para-hydroxylation sites is 2. The van der Waals surface area contributed by atoms with Crippen molar-refractivity contribution in [2.24, 2.45) is 0 Å². The summed E-state index contributed by atoms with van der Waals surface area (Å²) in [6, 6.07) is 17.6. The normalized spacial score (nSPS) is 10.6. The van der Waals surface area contributed by atoms with Crippen molar-refractivity contribution in [1.82, 2.24) is 10.3 Å². The summed E-state index contributed by atoms with van der Waals surface area (Å²) in [5, 5.41) is 3.97. The number of H-pyrrole nitrogens is 1. The van der Waals surface area contributed by atoms with Crippen molar-refractivity contribution < 1.29 is 9.53 Å². The van der Waals surface area contributed by atoms with Gasteiger partial charge in [0.25, 0.3) is 5.91 Å². The standard InChI is InChI=1S/C18H18N2O2/c1-22-17-9-5-3-6-13(17)10-11-19-18(21)16-12-14-7-2-4-8-15(14)20-16/h2-9,12,20H,10-11H2,1H3,(H,19,21). The third kappa shape index (κ3) is 2.96. The highest BCUT2D eigenvalue weighted by Crippen LogP contribution is 2.17. The molecule has 1 amide bonds. The first-order chi connectivity index (χ1) is 10.8. The number of aromatic amines is 1. The number of nitrogens with one attached hydrogen (secondary N) is 2. The first-order valence-corrected chi connectivity index (χ1v) is 7.26. The lowest BCUT2D eigenvalue weighted by atomic mass is 10.1. The van der Waals surface area contributed by atoms with Crippen LogP contribution in [0, 0.1) is 0 Å². The molecule has 0 atom stereocenters. The Balaban J connectivity index is 1.62. The maximum atomic E-state index is 12.2. The Morgan fingerprint density at radius 2 is 1.91 bits per heavy atom. The van der Waals surface area contributed by atoms with Gasteiger partial charge < -0.3 is 15.0 Å². The molecule has 1 heterocycles. The predicted molar refractivity (Wildman–Crippen MR) is 87.3 cm³/mol. The van der Waals surface area contributed by atoms with Crippen LogP contribution in [0.1, 0.15) is 16.1 Å². The molecule has 2 N–H and O–H groups in total. The van der Waals surface area contributed by atoms with E-state index in [4.69, 9.17) is 4.74 Å². The van der Waals surface area contributed by atoms with E-state index in [2.05, 4.69) is 10.3 Å². The number of carbonyl (C=O) groups is 1. The molecule has 0 aliphatic rings. The van der Waals surface area contributed by atoms with E-state index in [9.17, 15) is 4.79 Å². The Bertz CT molecular complexity index is 759. The van der Waals surface area contributed by atoms with Crippen molar-refractivity contribution in [3.8, 4) is 5.75 Å². The molecule has 0 saturated heterocycles. The Labute approximate surface area is 129 Å². The monoisotopic (exact) mass is 294 g/mol. The quantitative estimate of drug-likeness (QED) is 0.759. The van der Waals surface area contributed by atoms with Crippen molar-refractivity contribution in [3.63, 3.8) is 0 Å². The van der Waals surface area contributed by atoms with Crippen molar-refractivity contribution in [3.05, 3.63) is 65.9 Å². The molecule has 112 valence electrons. The van der Waals surface area contributed by atoms with E-state index in [0.717, 1.165) is 28.6 Å². The number of methoxy groups -OCH3 is 1. The molecule has 4 nitrogen and oxygen atoms in total. The lowest BCUT2D eigenvalue weighted by Crippen LogP contribution is -2.26. The summed E-state index contributed by atoms with van der Waals surface area (Å²) in [5.74, 6) is 0.758. The van der Waals surface area contributed by atoms with E-state index in [0.29, 0.717) is 12.2 Å². The highest BCUT2D eigenvalue weighted by Gasteiger charge is 2.09. The predicted octanol–water partition coefficient (Wildman–Crippen LogP) is 3.15. The molecule has 0 fully saturated rings. The van der Waals surface area contributed by atoms with Crippen LogP contribution in [0.5, 0.6) is 5.75 Å². The van der Waals surface area contributed by atoms with Crippen LogP contribution in [0.4, 0.5) is 0 Å². The second-order valence-electron chi connectivity index (χ2n) is 5.09. The van der Waals surface area contributed by atoms with Gasteiger partial charge in [0.05, 0.1) is 7.11 Å². The van der Waals surface area contributed by atoms with Gasteiger partial charge in [0.1, 0.15) is 11.4 Å². The smallest absolute Gasteiger partial charge is 0.267 e. The zero-order valence-electron chi connectivity index (χ0n) is 12.4.